The number of pyridine rings is 1. The maximum Gasteiger partial charge on any atom is 0.253 e. The molecule has 0 fully saturated rings. The molecule has 0 saturated carbocycles. The van der Waals surface area contributed by atoms with Crippen LogP contribution in [-0.4, -0.2) is 34.6 Å². The van der Waals surface area contributed by atoms with E-state index in [-0.39, 0.29) is 0 Å². The first-order chi connectivity index (χ1) is 7.15. The molecule has 0 radical (unpaired) electrons. The average molecular weight is 209 g/mol. The molecular weight excluding hydrogens is 198 g/mol. The van der Waals surface area contributed by atoms with Gasteiger partial charge >= 0.3 is 0 Å². The Morgan fingerprint density at radius 2 is 2.33 bits per heavy atom. The topological polar surface area (TPSA) is 105 Å². The summed E-state index contributed by atoms with van der Waals surface area (Å²) in [5.41, 5.74) is 5.25. The number of amides is 2. The number of aliphatic hydroxyl groups is 1. The van der Waals surface area contributed by atoms with E-state index in [0.717, 1.165) is 0 Å². The highest BCUT2D eigenvalue weighted by Crippen LogP contribution is 1.96. The number of hydrogen-bond donors (Lipinski definition) is 3. The first kappa shape index (κ1) is 11.1. The van der Waals surface area contributed by atoms with E-state index < -0.39 is 24.5 Å². The maximum atomic E-state index is 11.4. The molecule has 1 aromatic rings. The fraction of sp³-hybridized carbons (Fsp3) is 0.222. The van der Waals surface area contributed by atoms with Crippen molar-refractivity contribution in [3.63, 3.8) is 0 Å². The third-order valence-corrected chi connectivity index (χ3v) is 1.76. The zero-order valence-corrected chi connectivity index (χ0v) is 7.88. The number of aromatic nitrogens is 1. The molecular formula is C9H11N3O3. The zero-order valence-electron chi connectivity index (χ0n) is 7.88. The van der Waals surface area contributed by atoms with Gasteiger partial charge in [0.15, 0.2) is 0 Å². The van der Waals surface area contributed by atoms with Gasteiger partial charge in [0.1, 0.15) is 6.04 Å². The van der Waals surface area contributed by atoms with E-state index in [4.69, 9.17) is 10.8 Å². The van der Waals surface area contributed by atoms with E-state index in [9.17, 15) is 9.59 Å². The highest BCUT2D eigenvalue weighted by molar-refractivity contribution is 5.97. The molecule has 1 rings (SSSR count). The Labute approximate surface area is 86.1 Å². The summed E-state index contributed by atoms with van der Waals surface area (Å²) in [6.45, 7) is -0.526. The number of carbonyl (C=O) groups is 2. The van der Waals surface area contributed by atoms with Crippen molar-refractivity contribution in [1.82, 2.24) is 10.3 Å². The van der Waals surface area contributed by atoms with Gasteiger partial charge < -0.3 is 16.2 Å². The van der Waals surface area contributed by atoms with E-state index in [2.05, 4.69) is 10.3 Å². The van der Waals surface area contributed by atoms with Gasteiger partial charge in [-0.15, -0.1) is 0 Å². The van der Waals surface area contributed by atoms with Gasteiger partial charge in [-0.1, -0.05) is 0 Å². The van der Waals surface area contributed by atoms with Crippen molar-refractivity contribution in [2.24, 2.45) is 5.73 Å². The molecule has 0 saturated heterocycles. The van der Waals surface area contributed by atoms with Crippen LogP contribution in [0.25, 0.3) is 0 Å². The van der Waals surface area contributed by atoms with Crippen LogP contribution in [0.4, 0.5) is 0 Å². The minimum absolute atomic E-state index is 0.303. The summed E-state index contributed by atoms with van der Waals surface area (Å²) in [4.78, 5) is 25.9. The lowest BCUT2D eigenvalue weighted by molar-refractivity contribution is -0.120. The van der Waals surface area contributed by atoms with Crippen molar-refractivity contribution in [3.8, 4) is 0 Å². The number of nitrogens with zero attached hydrogens (tertiary/aromatic N) is 1. The van der Waals surface area contributed by atoms with Crippen molar-refractivity contribution in [1.29, 1.82) is 0 Å². The van der Waals surface area contributed by atoms with Gasteiger partial charge in [-0.25, -0.2) is 0 Å². The molecule has 1 heterocycles. The number of hydrogen-bond acceptors (Lipinski definition) is 4. The van der Waals surface area contributed by atoms with Crippen LogP contribution in [0.2, 0.25) is 0 Å². The summed E-state index contributed by atoms with van der Waals surface area (Å²) < 4.78 is 0. The van der Waals surface area contributed by atoms with Crippen molar-refractivity contribution in [3.05, 3.63) is 30.1 Å². The van der Waals surface area contributed by atoms with E-state index in [1.165, 1.54) is 18.5 Å². The van der Waals surface area contributed by atoms with Crippen molar-refractivity contribution in [2.75, 3.05) is 6.61 Å². The van der Waals surface area contributed by atoms with Crippen LogP contribution < -0.4 is 11.1 Å². The zero-order chi connectivity index (χ0) is 11.3. The molecule has 15 heavy (non-hydrogen) atoms. The molecule has 0 spiro atoms. The summed E-state index contributed by atoms with van der Waals surface area (Å²) in [5, 5.41) is 11.0. The molecule has 1 atom stereocenters. The summed E-state index contributed by atoms with van der Waals surface area (Å²) in [6, 6.07) is 2.06. The van der Waals surface area contributed by atoms with Gasteiger partial charge in [-0.2, -0.15) is 0 Å². The summed E-state index contributed by atoms with van der Waals surface area (Å²) >= 11 is 0. The Bertz CT molecular complexity index is 353. The minimum Gasteiger partial charge on any atom is -0.394 e. The molecule has 6 nitrogen and oxygen atoms in total. The molecule has 6 heteroatoms. The first-order valence-corrected chi connectivity index (χ1v) is 4.26. The molecule has 2 amide bonds. The predicted octanol–water partition coefficient (Wildman–Crippen LogP) is -1.34. The van der Waals surface area contributed by atoms with Crippen LogP contribution in [0.15, 0.2) is 24.5 Å². The van der Waals surface area contributed by atoms with Crippen LogP contribution >= 0.6 is 0 Å². The van der Waals surface area contributed by atoms with Gasteiger partial charge in [0.05, 0.1) is 12.2 Å². The van der Waals surface area contributed by atoms with E-state index in [1.807, 2.05) is 0 Å². The molecule has 4 N–H and O–H groups in total. The third kappa shape index (κ3) is 3.03. The molecule has 80 valence electrons. The van der Waals surface area contributed by atoms with Gasteiger partial charge in [-0.05, 0) is 12.1 Å². The van der Waals surface area contributed by atoms with Crippen LogP contribution in [0.1, 0.15) is 10.4 Å². The Morgan fingerprint density at radius 3 is 2.80 bits per heavy atom. The summed E-state index contributed by atoms with van der Waals surface area (Å²) in [5.74, 6) is -1.28. The second-order valence-corrected chi connectivity index (χ2v) is 2.85. The van der Waals surface area contributed by atoms with Gasteiger partial charge in [0, 0.05) is 12.4 Å². The quantitative estimate of drug-likeness (QED) is 0.570. The van der Waals surface area contributed by atoms with E-state index in [0.29, 0.717) is 5.56 Å². The molecule has 0 bridgehead atoms. The monoisotopic (exact) mass is 209 g/mol. The van der Waals surface area contributed by atoms with Crippen molar-refractivity contribution < 1.29 is 14.7 Å². The standard InChI is InChI=1S/C9H11N3O3/c10-8(14)7(5-13)12-9(15)6-2-1-3-11-4-6/h1-4,7,13H,5H2,(H2,10,14)(H,12,15)/t7-/m1/s1. The van der Waals surface area contributed by atoms with Crippen LogP contribution in [0.3, 0.4) is 0 Å². The summed E-state index contributed by atoms with van der Waals surface area (Å²) in [6.07, 6.45) is 2.87. The highest BCUT2D eigenvalue weighted by atomic mass is 16.3. The SMILES string of the molecule is NC(=O)[C@@H](CO)NC(=O)c1cccnc1. The lowest BCUT2D eigenvalue weighted by Crippen LogP contribution is -2.46. The first-order valence-electron chi connectivity index (χ1n) is 4.26. The third-order valence-electron chi connectivity index (χ3n) is 1.76. The Kier molecular flexibility index (Phi) is 3.75. The fourth-order valence-corrected chi connectivity index (χ4v) is 0.945. The molecule has 1 aromatic heterocycles. The largest absolute Gasteiger partial charge is 0.394 e. The van der Waals surface area contributed by atoms with Gasteiger partial charge in [0.25, 0.3) is 5.91 Å². The molecule has 0 aliphatic heterocycles. The lowest BCUT2D eigenvalue weighted by Gasteiger charge is -2.11. The highest BCUT2D eigenvalue weighted by Gasteiger charge is 2.17. The molecule has 0 aliphatic rings. The molecule has 0 aromatic carbocycles. The minimum atomic E-state index is -1.07. The lowest BCUT2D eigenvalue weighted by atomic mass is 10.2. The van der Waals surface area contributed by atoms with Crippen LogP contribution in [0, 0.1) is 0 Å². The summed E-state index contributed by atoms with van der Waals surface area (Å²) in [7, 11) is 0. The fourth-order valence-electron chi connectivity index (χ4n) is 0.945. The predicted molar refractivity (Wildman–Crippen MR) is 51.8 cm³/mol. The number of rotatable bonds is 4. The normalized spacial score (nSPS) is 11.8. The van der Waals surface area contributed by atoms with Crippen LogP contribution in [0.5, 0.6) is 0 Å². The van der Waals surface area contributed by atoms with Crippen molar-refractivity contribution >= 4 is 11.8 Å². The number of nitrogens with two attached hydrogens (primary N) is 1. The number of carbonyl (C=O) groups excluding carboxylic acids is 2. The second-order valence-electron chi connectivity index (χ2n) is 2.85. The second kappa shape index (κ2) is 5.06. The number of primary amides is 1. The van der Waals surface area contributed by atoms with Crippen molar-refractivity contribution in [2.45, 2.75) is 6.04 Å². The van der Waals surface area contributed by atoms with Crippen LogP contribution in [-0.2, 0) is 4.79 Å². The number of aliphatic hydroxyl groups excluding tert-OH is 1. The maximum absolute atomic E-state index is 11.4. The van der Waals surface area contributed by atoms with Gasteiger partial charge in [-0.3, -0.25) is 14.6 Å². The Hall–Kier alpha value is -1.95. The average Bonchev–Trinajstić information content (AvgIpc) is 2.26. The Balaban J connectivity index is 2.67. The van der Waals surface area contributed by atoms with E-state index >= 15 is 0 Å². The molecule has 0 aliphatic carbocycles. The Morgan fingerprint density at radius 1 is 1.60 bits per heavy atom. The van der Waals surface area contributed by atoms with E-state index in [1.54, 1.807) is 6.07 Å². The number of nitrogens with one attached hydrogen (secondary N) is 1. The molecule has 0 unspecified atom stereocenters. The van der Waals surface area contributed by atoms with Gasteiger partial charge in [0.2, 0.25) is 5.91 Å². The smallest absolute Gasteiger partial charge is 0.253 e.